The van der Waals surface area contributed by atoms with Gasteiger partial charge >= 0.3 is 0 Å². The van der Waals surface area contributed by atoms with E-state index in [1.54, 1.807) is 6.07 Å². The Kier molecular flexibility index (Phi) is 5.74. The van der Waals surface area contributed by atoms with Crippen molar-refractivity contribution >= 4 is 17.4 Å². The van der Waals surface area contributed by atoms with E-state index in [1.807, 2.05) is 0 Å². The van der Waals surface area contributed by atoms with Gasteiger partial charge in [0.1, 0.15) is 18.4 Å². The molecule has 0 saturated heterocycles. The maximum atomic E-state index is 14.8. The number of nitrogens with zero attached hydrogens (tertiary/aromatic N) is 1. The van der Waals surface area contributed by atoms with Gasteiger partial charge in [-0.25, -0.2) is 22.0 Å². The minimum atomic E-state index is -3.48. The van der Waals surface area contributed by atoms with Gasteiger partial charge in [0.25, 0.3) is 5.92 Å². The molecule has 2 aromatic carbocycles. The number of ketones is 1. The summed E-state index contributed by atoms with van der Waals surface area (Å²) in [5.41, 5.74) is -1.06. The molecule has 2 aliphatic carbocycles. The summed E-state index contributed by atoms with van der Waals surface area (Å²) >= 11 is 6.02. The van der Waals surface area contributed by atoms with Crippen LogP contribution in [0.2, 0.25) is 5.02 Å². The maximum Gasteiger partial charge on any atom is 0.282 e. The molecule has 32 heavy (non-hydrogen) atoms. The summed E-state index contributed by atoms with van der Waals surface area (Å²) in [6.07, 6.45) is -5.40. The number of alkyl halides is 3. The third-order valence-corrected chi connectivity index (χ3v) is 6.18. The van der Waals surface area contributed by atoms with E-state index in [9.17, 15) is 32.0 Å². The highest BCUT2D eigenvalue weighted by molar-refractivity contribution is 6.31. The van der Waals surface area contributed by atoms with Gasteiger partial charge in [-0.2, -0.15) is 5.26 Å². The number of rotatable bonds is 4. The molecule has 4 nitrogen and oxygen atoms in total. The zero-order valence-corrected chi connectivity index (χ0v) is 17.3. The summed E-state index contributed by atoms with van der Waals surface area (Å²) in [5, 5.41) is 8.91. The first-order valence-electron chi connectivity index (χ1n) is 9.51. The number of Topliss-reactive ketones (excluding diaryl/α,β-unsaturated/α-hetero) is 1. The second-order valence-corrected chi connectivity index (χ2v) is 8.07. The molecule has 0 amide bonds. The first-order valence-corrected chi connectivity index (χ1v) is 9.89. The quantitative estimate of drug-likeness (QED) is 0.442. The number of methoxy groups -OCH3 is 1. The third-order valence-electron chi connectivity index (χ3n) is 5.79. The number of nitriles is 1. The smallest absolute Gasteiger partial charge is 0.282 e. The monoisotopic (exact) mass is 471 g/mol. The van der Waals surface area contributed by atoms with E-state index in [0.29, 0.717) is 0 Å². The SMILES string of the molecule is COCO[C@H]1c2c(Cl)c(F)cc([C@H]3CC(F)C(=O)c4cc(F)cc(C#N)c43)c2CC1(F)F. The average molecular weight is 472 g/mol. The predicted octanol–water partition coefficient (Wildman–Crippen LogP) is 5.40. The summed E-state index contributed by atoms with van der Waals surface area (Å²) < 4.78 is 82.8. The minimum Gasteiger partial charge on any atom is -0.359 e. The van der Waals surface area contributed by atoms with Crippen molar-refractivity contribution in [2.24, 2.45) is 0 Å². The first-order chi connectivity index (χ1) is 15.1. The molecule has 0 N–H and O–H groups in total. The molecule has 10 heteroatoms. The maximum absolute atomic E-state index is 14.8. The van der Waals surface area contributed by atoms with Crippen LogP contribution in [0, 0.1) is 23.0 Å². The van der Waals surface area contributed by atoms with Gasteiger partial charge in [-0.05, 0) is 41.3 Å². The lowest BCUT2D eigenvalue weighted by atomic mass is 9.74. The van der Waals surface area contributed by atoms with Crippen LogP contribution in [0.3, 0.4) is 0 Å². The Balaban J connectivity index is 1.97. The average Bonchev–Trinajstić information content (AvgIpc) is 3.01. The van der Waals surface area contributed by atoms with Crippen LogP contribution in [-0.4, -0.2) is 31.8 Å². The van der Waals surface area contributed by atoms with Crippen molar-refractivity contribution < 1.29 is 36.2 Å². The number of carbonyl (C=O) groups excluding carboxylic acids is 1. The molecule has 1 unspecified atom stereocenters. The Morgan fingerprint density at radius 2 is 1.97 bits per heavy atom. The van der Waals surface area contributed by atoms with Gasteiger partial charge in [0.15, 0.2) is 18.1 Å². The standard InChI is InChI=1S/C22H15ClF5NO3/c1-31-8-32-21-18-14(6-22(21,27)28)11(4-15(25)19(18)23)12-5-16(26)20(30)13-3-10(24)2-9(7-29)17(12)13/h2-4,12,16,21H,5-6,8H2,1H3/t12-,16?,21+/m1/s1. The van der Waals surface area contributed by atoms with Gasteiger partial charge in [-0.15, -0.1) is 0 Å². The molecule has 4 rings (SSSR count). The van der Waals surface area contributed by atoms with Crippen LogP contribution in [0.25, 0.3) is 0 Å². The van der Waals surface area contributed by atoms with E-state index in [1.165, 1.54) is 7.11 Å². The number of carbonyl (C=O) groups is 1. The van der Waals surface area contributed by atoms with Crippen LogP contribution in [0.1, 0.15) is 56.6 Å². The topological polar surface area (TPSA) is 59.3 Å². The lowest BCUT2D eigenvalue weighted by Crippen LogP contribution is -2.29. The fourth-order valence-electron chi connectivity index (χ4n) is 4.54. The number of hydrogen-bond donors (Lipinski definition) is 0. The number of benzene rings is 2. The summed E-state index contributed by atoms with van der Waals surface area (Å²) in [4.78, 5) is 12.3. The van der Waals surface area contributed by atoms with Gasteiger partial charge in [0.05, 0.1) is 16.7 Å². The molecular weight excluding hydrogens is 457 g/mol. The van der Waals surface area contributed by atoms with Gasteiger partial charge < -0.3 is 9.47 Å². The van der Waals surface area contributed by atoms with Crippen molar-refractivity contribution in [1.29, 1.82) is 5.26 Å². The number of halogens is 6. The van der Waals surface area contributed by atoms with Crippen LogP contribution in [0.5, 0.6) is 0 Å². The molecule has 0 heterocycles. The lowest BCUT2D eigenvalue weighted by Gasteiger charge is -2.30. The molecule has 0 aliphatic heterocycles. The summed E-state index contributed by atoms with van der Waals surface area (Å²) in [6, 6.07) is 4.31. The van der Waals surface area contributed by atoms with Crippen LogP contribution in [0.4, 0.5) is 22.0 Å². The van der Waals surface area contributed by atoms with E-state index in [4.69, 9.17) is 21.1 Å². The highest BCUT2D eigenvalue weighted by Gasteiger charge is 2.52. The minimum absolute atomic E-state index is 0.0266. The van der Waals surface area contributed by atoms with E-state index in [2.05, 4.69) is 0 Å². The van der Waals surface area contributed by atoms with E-state index < -0.39 is 66.2 Å². The van der Waals surface area contributed by atoms with Crippen LogP contribution >= 0.6 is 11.6 Å². The van der Waals surface area contributed by atoms with Crippen LogP contribution in [-0.2, 0) is 15.9 Å². The first kappa shape index (κ1) is 22.6. The van der Waals surface area contributed by atoms with Gasteiger partial charge in [-0.1, -0.05) is 11.6 Å². The van der Waals surface area contributed by atoms with Crippen LogP contribution in [0.15, 0.2) is 18.2 Å². The Morgan fingerprint density at radius 3 is 2.62 bits per heavy atom. The van der Waals surface area contributed by atoms with E-state index >= 15 is 0 Å². The summed E-state index contributed by atoms with van der Waals surface area (Å²) in [6.45, 7) is -0.507. The Bertz CT molecular complexity index is 1160. The van der Waals surface area contributed by atoms with Crippen molar-refractivity contribution in [3.63, 3.8) is 0 Å². The third kappa shape index (κ3) is 3.47. The van der Waals surface area contributed by atoms with Crippen molar-refractivity contribution in [3.05, 3.63) is 68.2 Å². The zero-order valence-electron chi connectivity index (χ0n) is 16.5. The molecule has 168 valence electrons. The number of hydrogen-bond acceptors (Lipinski definition) is 4. The van der Waals surface area contributed by atoms with Crippen LogP contribution < -0.4 is 0 Å². The van der Waals surface area contributed by atoms with Crippen molar-refractivity contribution in [3.8, 4) is 6.07 Å². The molecule has 2 aliphatic rings. The highest BCUT2D eigenvalue weighted by atomic mass is 35.5. The Morgan fingerprint density at radius 1 is 1.25 bits per heavy atom. The van der Waals surface area contributed by atoms with Gasteiger partial charge in [-0.3, -0.25) is 4.79 Å². The molecule has 0 aromatic heterocycles. The number of ether oxygens (including phenoxy) is 2. The Hall–Kier alpha value is -2.54. The number of fused-ring (bicyclic) bond motifs is 2. The lowest BCUT2D eigenvalue weighted by molar-refractivity contribution is -0.169. The van der Waals surface area contributed by atoms with Gasteiger partial charge in [0.2, 0.25) is 0 Å². The summed E-state index contributed by atoms with van der Waals surface area (Å²) in [5.74, 6) is -7.61. The molecule has 2 aromatic rings. The van der Waals surface area contributed by atoms with Gasteiger partial charge in [0, 0.05) is 30.6 Å². The van der Waals surface area contributed by atoms with E-state index in [0.717, 1.165) is 18.2 Å². The highest BCUT2D eigenvalue weighted by Crippen LogP contribution is 2.53. The second kappa shape index (κ2) is 8.10. The van der Waals surface area contributed by atoms with E-state index in [-0.39, 0.29) is 33.4 Å². The normalized spacial score (nSPS) is 23.6. The summed E-state index contributed by atoms with van der Waals surface area (Å²) in [7, 11) is 1.23. The largest absolute Gasteiger partial charge is 0.359 e. The molecule has 0 saturated carbocycles. The molecule has 0 bridgehead atoms. The molecule has 0 radical (unpaired) electrons. The molecule has 0 fully saturated rings. The van der Waals surface area contributed by atoms with Crippen molar-refractivity contribution in [1.82, 2.24) is 0 Å². The second-order valence-electron chi connectivity index (χ2n) is 7.69. The van der Waals surface area contributed by atoms with Crippen molar-refractivity contribution in [2.45, 2.75) is 37.0 Å². The molecular formula is C22H15ClF5NO3. The zero-order chi connectivity index (χ0) is 23.4. The molecule has 3 atom stereocenters. The van der Waals surface area contributed by atoms with Crippen molar-refractivity contribution in [2.75, 3.05) is 13.9 Å². The molecule has 0 spiro atoms. The fraction of sp³-hybridized carbons (Fsp3) is 0.364. The Labute approximate surface area is 184 Å². The fourth-order valence-corrected chi connectivity index (χ4v) is 4.81. The predicted molar refractivity (Wildman–Crippen MR) is 103 cm³/mol.